The second-order valence-electron chi connectivity index (χ2n) is 5.54. The average molecular weight is 331 g/mol. The molecule has 5 nitrogen and oxygen atoms in total. The van der Waals surface area contributed by atoms with Crippen LogP contribution in [-0.4, -0.2) is 10.8 Å². The Morgan fingerprint density at radius 1 is 1.26 bits per heavy atom. The molecule has 118 valence electrons. The molecule has 0 aliphatic heterocycles. The van der Waals surface area contributed by atoms with Crippen LogP contribution in [0.5, 0.6) is 0 Å². The molecule has 2 aromatic rings. The van der Waals surface area contributed by atoms with Crippen LogP contribution in [0.3, 0.4) is 0 Å². The molecule has 23 heavy (non-hydrogen) atoms. The molecule has 0 aromatic heterocycles. The summed E-state index contributed by atoms with van der Waals surface area (Å²) in [6.45, 7) is 0. The van der Waals surface area contributed by atoms with E-state index in [1.165, 1.54) is 23.8 Å². The van der Waals surface area contributed by atoms with E-state index in [9.17, 15) is 14.9 Å². The van der Waals surface area contributed by atoms with Gasteiger partial charge in [0.05, 0.1) is 11.0 Å². The minimum Gasteiger partial charge on any atom is -0.345 e. The van der Waals surface area contributed by atoms with Crippen molar-refractivity contribution in [1.29, 1.82) is 0 Å². The summed E-state index contributed by atoms with van der Waals surface area (Å²) in [4.78, 5) is 23.1. The molecule has 0 unspecified atom stereocenters. The number of fused-ring (bicyclic) bond motifs is 1. The molecule has 2 aromatic carbocycles. The van der Waals surface area contributed by atoms with Gasteiger partial charge in [-0.2, -0.15) is 0 Å². The lowest BCUT2D eigenvalue weighted by molar-refractivity contribution is -0.385. The smallest absolute Gasteiger partial charge is 0.282 e. The molecule has 0 radical (unpaired) electrons. The Morgan fingerprint density at radius 3 is 2.83 bits per heavy atom. The SMILES string of the molecule is O=C(N[C@@H]1CCCc2ccccc21)c1cc(Cl)ccc1[N+](=O)[O-]. The van der Waals surface area contributed by atoms with E-state index in [-0.39, 0.29) is 17.3 Å². The summed E-state index contributed by atoms with van der Waals surface area (Å²) >= 11 is 5.89. The summed E-state index contributed by atoms with van der Waals surface area (Å²) in [5.74, 6) is -0.471. The summed E-state index contributed by atoms with van der Waals surface area (Å²) in [5.41, 5.74) is 2.04. The third-order valence-electron chi connectivity index (χ3n) is 4.07. The molecule has 0 saturated carbocycles. The molecule has 3 rings (SSSR count). The first-order valence-electron chi connectivity index (χ1n) is 7.39. The lowest BCUT2D eigenvalue weighted by Crippen LogP contribution is -2.31. The van der Waals surface area contributed by atoms with Crippen molar-refractivity contribution >= 4 is 23.2 Å². The van der Waals surface area contributed by atoms with Crippen LogP contribution in [0, 0.1) is 10.1 Å². The molecule has 1 aliphatic carbocycles. The Bertz CT molecular complexity index is 776. The summed E-state index contributed by atoms with van der Waals surface area (Å²) in [5, 5.41) is 14.3. The van der Waals surface area contributed by atoms with Gasteiger partial charge in [-0.1, -0.05) is 35.9 Å². The van der Waals surface area contributed by atoms with Crippen LogP contribution in [0.25, 0.3) is 0 Å². The Morgan fingerprint density at radius 2 is 2.04 bits per heavy atom. The van der Waals surface area contributed by atoms with Gasteiger partial charge in [0, 0.05) is 11.1 Å². The summed E-state index contributed by atoms with van der Waals surface area (Å²) in [6.07, 6.45) is 2.77. The first-order chi connectivity index (χ1) is 11.1. The highest BCUT2D eigenvalue weighted by molar-refractivity contribution is 6.31. The van der Waals surface area contributed by atoms with E-state index in [0.717, 1.165) is 24.8 Å². The van der Waals surface area contributed by atoms with Crippen molar-refractivity contribution in [3.05, 3.63) is 74.3 Å². The highest BCUT2D eigenvalue weighted by atomic mass is 35.5. The normalized spacial score (nSPS) is 16.5. The van der Waals surface area contributed by atoms with Gasteiger partial charge in [0.15, 0.2) is 0 Å². The zero-order chi connectivity index (χ0) is 16.4. The van der Waals surface area contributed by atoms with Gasteiger partial charge in [-0.05, 0) is 42.5 Å². The molecule has 0 bridgehead atoms. The highest BCUT2D eigenvalue weighted by Crippen LogP contribution is 2.30. The maximum atomic E-state index is 12.5. The lowest BCUT2D eigenvalue weighted by atomic mass is 9.87. The van der Waals surface area contributed by atoms with Crippen molar-refractivity contribution in [2.75, 3.05) is 0 Å². The topological polar surface area (TPSA) is 72.2 Å². The minimum atomic E-state index is -0.569. The van der Waals surface area contributed by atoms with Crippen molar-refractivity contribution in [1.82, 2.24) is 5.32 Å². The first-order valence-corrected chi connectivity index (χ1v) is 7.76. The first kappa shape index (κ1) is 15.5. The molecule has 6 heteroatoms. The second kappa shape index (κ2) is 6.38. The van der Waals surface area contributed by atoms with Crippen molar-refractivity contribution in [2.24, 2.45) is 0 Å². The molecule has 0 fully saturated rings. The molecular weight excluding hydrogens is 316 g/mol. The third-order valence-corrected chi connectivity index (χ3v) is 4.31. The van der Waals surface area contributed by atoms with Crippen LogP contribution < -0.4 is 5.32 Å². The van der Waals surface area contributed by atoms with Gasteiger partial charge in [-0.3, -0.25) is 14.9 Å². The Balaban J connectivity index is 1.89. The summed E-state index contributed by atoms with van der Waals surface area (Å²) < 4.78 is 0. The van der Waals surface area contributed by atoms with E-state index in [2.05, 4.69) is 11.4 Å². The van der Waals surface area contributed by atoms with Crippen LogP contribution >= 0.6 is 11.6 Å². The van der Waals surface area contributed by atoms with Gasteiger partial charge in [-0.25, -0.2) is 0 Å². The number of nitro groups is 1. The molecular formula is C17H15ClN2O3. The van der Waals surface area contributed by atoms with E-state index in [1.54, 1.807) is 0 Å². The standard InChI is InChI=1S/C17H15ClN2O3/c18-12-8-9-16(20(22)23)14(10-12)17(21)19-15-7-3-5-11-4-1-2-6-13(11)15/h1-2,4,6,8-10,15H,3,5,7H2,(H,19,21)/t15-/m1/s1. The number of nitrogens with one attached hydrogen (secondary N) is 1. The van der Waals surface area contributed by atoms with E-state index >= 15 is 0 Å². The van der Waals surface area contributed by atoms with Crippen LogP contribution in [0.15, 0.2) is 42.5 Å². The third kappa shape index (κ3) is 3.19. The maximum absolute atomic E-state index is 12.5. The Hall–Kier alpha value is -2.40. The van der Waals surface area contributed by atoms with Crippen molar-refractivity contribution < 1.29 is 9.72 Å². The van der Waals surface area contributed by atoms with Crippen molar-refractivity contribution in [3.8, 4) is 0 Å². The van der Waals surface area contributed by atoms with Crippen molar-refractivity contribution in [3.63, 3.8) is 0 Å². The molecule has 1 aliphatic rings. The zero-order valence-corrected chi connectivity index (χ0v) is 13.0. The highest BCUT2D eigenvalue weighted by Gasteiger charge is 2.25. The van der Waals surface area contributed by atoms with E-state index < -0.39 is 10.8 Å². The predicted octanol–water partition coefficient (Wildman–Crippen LogP) is 4.06. The molecule has 1 N–H and O–H groups in total. The quantitative estimate of drug-likeness (QED) is 0.681. The van der Waals surface area contributed by atoms with E-state index in [1.807, 2.05) is 18.2 Å². The number of carbonyl (C=O) groups excluding carboxylic acids is 1. The second-order valence-corrected chi connectivity index (χ2v) is 5.97. The van der Waals surface area contributed by atoms with Crippen molar-refractivity contribution in [2.45, 2.75) is 25.3 Å². The maximum Gasteiger partial charge on any atom is 0.282 e. The lowest BCUT2D eigenvalue weighted by Gasteiger charge is -2.26. The van der Waals surface area contributed by atoms with Crippen LogP contribution in [-0.2, 0) is 6.42 Å². The van der Waals surface area contributed by atoms with E-state index in [0.29, 0.717) is 5.02 Å². The number of rotatable bonds is 3. The van der Waals surface area contributed by atoms with Crippen LogP contribution in [0.4, 0.5) is 5.69 Å². The monoisotopic (exact) mass is 330 g/mol. The molecule has 1 atom stereocenters. The number of hydrogen-bond donors (Lipinski definition) is 1. The molecule has 1 amide bonds. The fourth-order valence-electron chi connectivity index (χ4n) is 2.99. The number of aryl methyl sites for hydroxylation is 1. The largest absolute Gasteiger partial charge is 0.345 e. The number of carbonyl (C=O) groups is 1. The van der Waals surface area contributed by atoms with E-state index in [4.69, 9.17) is 11.6 Å². The van der Waals surface area contributed by atoms with Gasteiger partial charge in [-0.15, -0.1) is 0 Å². The summed E-state index contributed by atoms with van der Waals surface area (Å²) in [7, 11) is 0. The fourth-order valence-corrected chi connectivity index (χ4v) is 3.16. The Kier molecular flexibility index (Phi) is 4.30. The van der Waals surface area contributed by atoms with Gasteiger partial charge < -0.3 is 5.32 Å². The zero-order valence-electron chi connectivity index (χ0n) is 12.3. The average Bonchev–Trinajstić information content (AvgIpc) is 2.54. The number of benzene rings is 2. The Labute approximate surface area is 138 Å². The van der Waals surface area contributed by atoms with Gasteiger partial charge in [0.1, 0.15) is 5.56 Å². The number of nitrogens with zero attached hydrogens (tertiary/aromatic N) is 1. The molecule has 0 spiro atoms. The fraction of sp³-hybridized carbons (Fsp3) is 0.235. The predicted molar refractivity (Wildman–Crippen MR) is 87.7 cm³/mol. The number of nitro benzene ring substituents is 1. The summed E-state index contributed by atoms with van der Waals surface area (Å²) in [6, 6.07) is 11.8. The number of hydrogen-bond acceptors (Lipinski definition) is 3. The van der Waals surface area contributed by atoms with Crippen LogP contribution in [0.1, 0.15) is 40.4 Å². The van der Waals surface area contributed by atoms with Gasteiger partial charge in [0.25, 0.3) is 11.6 Å². The van der Waals surface area contributed by atoms with Crippen LogP contribution in [0.2, 0.25) is 5.02 Å². The number of halogens is 1. The molecule has 0 saturated heterocycles. The minimum absolute atomic E-state index is 0.00875. The number of amides is 1. The molecule has 0 heterocycles. The van der Waals surface area contributed by atoms with Gasteiger partial charge in [0.2, 0.25) is 0 Å². The van der Waals surface area contributed by atoms with Gasteiger partial charge >= 0.3 is 0 Å².